The molecule has 17 heavy (non-hydrogen) atoms. The van der Waals surface area contributed by atoms with Crippen LogP contribution in [0.4, 0.5) is 11.5 Å². The number of aromatic nitrogens is 2. The van der Waals surface area contributed by atoms with E-state index in [0.717, 1.165) is 22.8 Å². The number of para-hydroxylation sites is 1. The van der Waals surface area contributed by atoms with E-state index >= 15 is 0 Å². The molecule has 0 aliphatic rings. The van der Waals surface area contributed by atoms with Gasteiger partial charge in [-0.25, -0.2) is 0 Å². The largest absolute Gasteiger partial charge is 0.329 e. The lowest BCUT2D eigenvalue weighted by Crippen LogP contribution is -2.16. The second kappa shape index (κ2) is 4.59. The minimum atomic E-state index is 0.506. The van der Waals surface area contributed by atoms with Crippen molar-refractivity contribution in [2.75, 3.05) is 11.9 Å². The maximum Gasteiger partial charge on any atom is 0.135 e. The Morgan fingerprint density at radius 3 is 2.53 bits per heavy atom. The van der Waals surface area contributed by atoms with Crippen LogP contribution in [0.5, 0.6) is 0 Å². The monoisotopic (exact) mass is 230 g/mol. The summed E-state index contributed by atoms with van der Waals surface area (Å²) in [6.07, 6.45) is 0. The Hall–Kier alpha value is -1.81. The second-order valence-corrected chi connectivity index (χ2v) is 4.11. The van der Waals surface area contributed by atoms with Crippen LogP contribution in [0, 0.1) is 6.92 Å². The van der Waals surface area contributed by atoms with Crippen LogP contribution in [-0.4, -0.2) is 16.8 Å². The lowest BCUT2D eigenvalue weighted by molar-refractivity contribution is 0.750. The number of aryl methyl sites for hydroxylation is 2. The Labute approximate surface area is 102 Å². The molecule has 90 valence electrons. The van der Waals surface area contributed by atoms with Gasteiger partial charge in [0, 0.05) is 31.9 Å². The van der Waals surface area contributed by atoms with Gasteiger partial charge in [-0.05, 0) is 19.1 Å². The van der Waals surface area contributed by atoms with Gasteiger partial charge in [0.1, 0.15) is 5.82 Å². The molecule has 0 unspecified atom stereocenters. The molecule has 2 N–H and O–H groups in total. The van der Waals surface area contributed by atoms with Gasteiger partial charge in [0.15, 0.2) is 0 Å². The molecule has 0 aliphatic carbocycles. The summed E-state index contributed by atoms with van der Waals surface area (Å²) in [7, 11) is 3.98. The summed E-state index contributed by atoms with van der Waals surface area (Å²) in [6.45, 7) is 2.50. The van der Waals surface area contributed by atoms with Crippen LogP contribution in [0.2, 0.25) is 0 Å². The van der Waals surface area contributed by atoms with Crippen molar-refractivity contribution in [3.63, 3.8) is 0 Å². The van der Waals surface area contributed by atoms with Crippen molar-refractivity contribution in [2.24, 2.45) is 12.8 Å². The zero-order valence-corrected chi connectivity index (χ0v) is 10.5. The Morgan fingerprint density at radius 2 is 1.94 bits per heavy atom. The van der Waals surface area contributed by atoms with Crippen LogP contribution >= 0.6 is 0 Å². The number of hydrogen-bond acceptors (Lipinski definition) is 3. The van der Waals surface area contributed by atoms with Crippen molar-refractivity contribution in [3.8, 4) is 0 Å². The summed E-state index contributed by atoms with van der Waals surface area (Å²) in [5.41, 5.74) is 9.02. The van der Waals surface area contributed by atoms with Gasteiger partial charge in [-0.3, -0.25) is 4.68 Å². The van der Waals surface area contributed by atoms with E-state index in [0.29, 0.717) is 6.54 Å². The number of rotatable bonds is 3. The first kappa shape index (κ1) is 11.7. The van der Waals surface area contributed by atoms with Crippen molar-refractivity contribution in [2.45, 2.75) is 13.5 Å². The highest BCUT2D eigenvalue weighted by atomic mass is 15.4. The minimum Gasteiger partial charge on any atom is -0.329 e. The van der Waals surface area contributed by atoms with E-state index < -0.39 is 0 Å². The molecule has 0 saturated heterocycles. The Balaban J connectivity index is 2.47. The molecule has 1 aromatic carbocycles. The first-order valence-electron chi connectivity index (χ1n) is 5.66. The molecule has 0 radical (unpaired) electrons. The van der Waals surface area contributed by atoms with Crippen molar-refractivity contribution in [1.82, 2.24) is 9.78 Å². The highest BCUT2D eigenvalue weighted by Crippen LogP contribution is 2.27. The molecule has 1 aromatic heterocycles. The molecular formula is C13H18N4. The van der Waals surface area contributed by atoms with Gasteiger partial charge >= 0.3 is 0 Å². The predicted molar refractivity (Wildman–Crippen MR) is 70.3 cm³/mol. The van der Waals surface area contributed by atoms with Crippen LogP contribution < -0.4 is 10.6 Å². The predicted octanol–water partition coefficient (Wildman–Crippen LogP) is 1.96. The molecule has 4 nitrogen and oxygen atoms in total. The van der Waals surface area contributed by atoms with Crippen molar-refractivity contribution in [3.05, 3.63) is 41.6 Å². The fourth-order valence-corrected chi connectivity index (χ4v) is 2.12. The molecule has 4 heteroatoms. The third-order valence-electron chi connectivity index (χ3n) is 2.98. The lowest BCUT2D eigenvalue weighted by Gasteiger charge is -2.20. The molecule has 2 aromatic rings. The average molecular weight is 230 g/mol. The van der Waals surface area contributed by atoms with E-state index in [1.807, 2.05) is 43.9 Å². The molecule has 0 aliphatic heterocycles. The molecule has 2 rings (SSSR count). The van der Waals surface area contributed by atoms with Gasteiger partial charge < -0.3 is 10.6 Å². The molecule has 0 atom stereocenters. The second-order valence-electron chi connectivity index (χ2n) is 4.11. The normalized spacial score (nSPS) is 10.6. The van der Waals surface area contributed by atoms with E-state index in [4.69, 9.17) is 5.73 Å². The SMILES string of the molecule is Cc1nn(C)c(N(C)c2ccccc2)c1CN. The van der Waals surface area contributed by atoms with Gasteiger partial charge in [-0.1, -0.05) is 18.2 Å². The molecule has 0 spiro atoms. The van der Waals surface area contributed by atoms with Crippen LogP contribution in [0.25, 0.3) is 0 Å². The minimum absolute atomic E-state index is 0.506. The zero-order valence-electron chi connectivity index (χ0n) is 10.5. The number of anilines is 2. The van der Waals surface area contributed by atoms with E-state index in [1.165, 1.54) is 0 Å². The quantitative estimate of drug-likeness (QED) is 0.876. The highest BCUT2D eigenvalue weighted by molar-refractivity contribution is 5.63. The van der Waals surface area contributed by atoms with Gasteiger partial charge in [0.05, 0.1) is 5.69 Å². The third-order valence-corrected chi connectivity index (χ3v) is 2.98. The summed E-state index contributed by atoms with van der Waals surface area (Å²) in [4.78, 5) is 2.11. The first-order valence-corrected chi connectivity index (χ1v) is 5.66. The molecule has 0 saturated carbocycles. The van der Waals surface area contributed by atoms with Crippen LogP contribution in [0.3, 0.4) is 0 Å². The van der Waals surface area contributed by atoms with Crippen molar-refractivity contribution < 1.29 is 0 Å². The van der Waals surface area contributed by atoms with E-state index in [1.54, 1.807) is 0 Å². The van der Waals surface area contributed by atoms with Crippen molar-refractivity contribution in [1.29, 1.82) is 0 Å². The summed E-state index contributed by atoms with van der Waals surface area (Å²) in [5, 5.41) is 4.42. The molecule has 0 bridgehead atoms. The summed E-state index contributed by atoms with van der Waals surface area (Å²) < 4.78 is 1.88. The smallest absolute Gasteiger partial charge is 0.135 e. The van der Waals surface area contributed by atoms with Crippen LogP contribution in [0.1, 0.15) is 11.3 Å². The van der Waals surface area contributed by atoms with Gasteiger partial charge in [-0.15, -0.1) is 0 Å². The Kier molecular flexibility index (Phi) is 3.15. The van der Waals surface area contributed by atoms with E-state index in [9.17, 15) is 0 Å². The molecule has 0 fully saturated rings. The standard InChI is InChI=1S/C13H18N4/c1-10-12(9-14)13(17(3)15-10)16(2)11-7-5-4-6-8-11/h4-8H,9,14H2,1-3H3. The summed E-state index contributed by atoms with van der Waals surface area (Å²) in [6, 6.07) is 10.2. The summed E-state index contributed by atoms with van der Waals surface area (Å²) >= 11 is 0. The Bertz CT molecular complexity index is 502. The van der Waals surface area contributed by atoms with Gasteiger partial charge in [0.25, 0.3) is 0 Å². The van der Waals surface area contributed by atoms with Crippen molar-refractivity contribution >= 4 is 11.5 Å². The zero-order chi connectivity index (χ0) is 12.4. The first-order chi connectivity index (χ1) is 8.15. The molecular weight excluding hydrogens is 212 g/mol. The third kappa shape index (κ3) is 2.03. The van der Waals surface area contributed by atoms with Crippen LogP contribution in [0.15, 0.2) is 30.3 Å². The maximum atomic E-state index is 5.80. The molecule has 0 amide bonds. The molecule has 1 heterocycles. The highest BCUT2D eigenvalue weighted by Gasteiger charge is 2.16. The topological polar surface area (TPSA) is 47.1 Å². The fraction of sp³-hybridized carbons (Fsp3) is 0.308. The Morgan fingerprint density at radius 1 is 1.29 bits per heavy atom. The van der Waals surface area contributed by atoms with E-state index in [-0.39, 0.29) is 0 Å². The number of hydrogen-bond donors (Lipinski definition) is 1. The summed E-state index contributed by atoms with van der Waals surface area (Å²) in [5.74, 6) is 1.05. The lowest BCUT2D eigenvalue weighted by atomic mass is 10.2. The average Bonchev–Trinajstić information content (AvgIpc) is 2.63. The number of nitrogens with zero attached hydrogens (tertiary/aromatic N) is 3. The number of nitrogens with two attached hydrogens (primary N) is 1. The van der Waals surface area contributed by atoms with Gasteiger partial charge in [0.2, 0.25) is 0 Å². The maximum absolute atomic E-state index is 5.80. The van der Waals surface area contributed by atoms with Crippen LogP contribution in [-0.2, 0) is 13.6 Å². The fourth-order valence-electron chi connectivity index (χ4n) is 2.12. The number of benzene rings is 1. The van der Waals surface area contributed by atoms with Gasteiger partial charge in [-0.2, -0.15) is 5.10 Å². The van der Waals surface area contributed by atoms with E-state index in [2.05, 4.69) is 22.1 Å².